The van der Waals surface area contributed by atoms with Gasteiger partial charge in [0.1, 0.15) is 5.75 Å². The first-order chi connectivity index (χ1) is 19.5. The van der Waals surface area contributed by atoms with E-state index in [1.54, 1.807) is 25.1 Å². The fourth-order valence-corrected chi connectivity index (χ4v) is 6.70. The van der Waals surface area contributed by atoms with Crippen LogP contribution in [0.2, 0.25) is 0 Å². The number of likely N-dealkylation sites (N-methyl/N-ethyl adjacent to an activating group) is 1. The number of hydrogen-bond acceptors (Lipinski definition) is 11. The van der Waals surface area contributed by atoms with Crippen molar-refractivity contribution in [2.75, 3.05) is 39.7 Å². The summed E-state index contributed by atoms with van der Waals surface area (Å²) in [6.07, 6.45) is -0.612. The summed E-state index contributed by atoms with van der Waals surface area (Å²) in [5.74, 6) is -11.1. The zero-order chi connectivity index (χ0) is 31.4. The molecule has 0 aliphatic heterocycles. The van der Waals surface area contributed by atoms with Crippen molar-refractivity contribution in [1.29, 1.82) is 0 Å². The van der Waals surface area contributed by atoms with Gasteiger partial charge >= 0.3 is 6.09 Å². The maximum atomic E-state index is 14.0. The van der Waals surface area contributed by atoms with Crippen LogP contribution < -0.4 is 16.0 Å². The number of rotatable bonds is 7. The summed E-state index contributed by atoms with van der Waals surface area (Å²) < 4.78 is 5.12. The molecule has 3 aliphatic carbocycles. The van der Waals surface area contributed by atoms with Crippen molar-refractivity contribution < 1.29 is 43.7 Å². The molecule has 13 heteroatoms. The summed E-state index contributed by atoms with van der Waals surface area (Å²) in [5.41, 5.74) is 3.67. The molecule has 1 aromatic rings. The Bertz CT molecular complexity index is 1370. The molecule has 13 nitrogen and oxygen atoms in total. The third-order valence-electron chi connectivity index (χ3n) is 8.57. The fraction of sp³-hybridized carbons (Fsp3) is 0.586. The van der Waals surface area contributed by atoms with Crippen LogP contribution in [0.5, 0.6) is 5.75 Å². The van der Waals surface area contributed by atoms with E-state index in [4.69, 9.17) is 10.5 Å². The summed E-state index contributed by atoms with van der Waals surface area (Å²) in [4.78, 5) is 82.2. The van der Waals surface area contributed by atoms with Gasteiger partial charge < -0.3 is 30.9 Å². The SMILES string of the molecule is CC(C)COC(=O)NCc1cc(N(C)C)c2c(c1O)C(=O)C1C(=O)[C@@]3(O)C(=O)C(C(N)=O)C(=O)[C@H](N(C)C)[C@H]3C[C@H]1C2. The molecule has 2 saturated carbocycles. The van der Waals surface area contributed by atoms with Crippen LogP contribution in [-0.2, 0) is 36.9 Å². The smallest absolute Gasteiger partial charge is 0.407 e. The van der Waals surface area contributed by atoms with E-state index in [0.717, 1.165) is 0 Å². The van der Waals surface area contributed by atoms with Crippen molar-refractivity contribution >= 4 is 40.8 Å². The van der Waals surface area contributed by atoms with E-state index in [1.165, 1.54) is 19.0 Å². The van der Waals surface area contributed by atoms with E-state index >= 15 is 0 Å². The highest BCUT2D eigenvalue weighted by molar-refractivity contribution is 6.32. The zero-order valence-electron chi connectivity index (χ0n) is 24.6. The van der Waals surface area contributed by atoms with E-state index < -0.39 is 76.2 Å². The summed E-state index contributed by atoms with van der Waals surface area (Å²) in [5, 5.41) is 25.5. The number of nitrogens with zero attached hydrogens (tertiary/aromatic N) is 2. The number of ketones is 4. The Labute approximate surface area is 243 Å². The number of benzene rings is 1. The minimum Gasteiger partial charge on any atom is -0.507 e. The van der Waals surface area contributed by atoms with Crippen LogP contribution in [-0.4, -0.2) is 96.7 Å². The second-order valence-electron chi connectivity index (χ2n) is 12.3. The van der Waals surface area contributed by atoms with E-state index in [2.05, 4.69) is 5.32 Å². The number of primary amides is 1. The molecule has 3 aliphatic rings. The Morgan fingerprint density at radius 1 is 1.14 bits per heavy atom. The van der Waals surface area contributed by atoms with E-state index in [-0.39, 0.29) is 43.0 Å². The van der Waals surface area contributed by atoms with Gasteiger partial charge in [-0.2, -0.15) is 0 Å². The van der Waals surface area contributed by atoms with Crippen LogP contribution >= 0.6 is 0 Å². The average Bonchev–Trinajstić information content (AvgIpc) is 2.88. The topological polar surface area (TPSA) is 197 Å². The monoisotopic (exact) mass is 586 g/mol. The molecule has 2 unspecified atom stereocenters. The Morgan fingerprint density at radius 2 is 1.79 bits per heavy atom. The highest BCUT2D eigenvalue weighted by atomic mass is 16.5. The van der Waals surface area contributed by atoms with Gasteiger partial charge in [-0.25, -0.2) is 4.79 Å². The number of carbonyl (C=O) groups excluding carboxylic acids is 6. The van der Waals surface area contributed by atoms with Gasteiger partial charge in [0, 0.05) is 37.8 Å². The van der Waals surface area contributed by atoms with Crippen LogP contribution in [0.15, 0.2) is 6.07 Å². The number of nitrogens with one attached hydrogen (secondary N) is 1. The maximum Gasteiger partial charge on any atom is 0.407 e. The number of carbonyl (C=O) groups is 6. The highest BCUT2D eigenvalue weighted by Crippen LogP contribution is 2.52. The molecule has 42 heavy (non-hydrogen) atoms. The Balaban J connectivity index is 1.78. The fourth-order valence-electron chi connectivity index (χ4n) is 6.70. The number of phenolic OH excluding ortho intramolecular Hbond substituents is 1. The number of nitrogens with two attached hydrogens (primary N) is 1. The second kappa shape index (κ2) is 11.1. The molecule has 2 fully saturated rings. The van der Waals surface area contributed by atoms with E-state index in [9.17, 15) is 39.0 Å². The minimum atomic E-state index is -2.80. The van der Waals surface area contributed by atoms with Crippen molar-refractivity contribution in [3.8, 4) is 5.75 Å². The minimum absolute atomic E-state index is 0.0392. The normalized spacial score (nSPS) is 28.7. The number of Topliss-reactive ketones (excluding diaryl/α,β-unsaturated/α-hetero) is 4. The molecule has 6 atom stereocenters. The average molecular weight is 587 g/mol. The Morgan fingerprint density at radius 3 is 2.33 bits per heavy atom. The number of alkyl carbamates (subject to hydrolysis) is 1. The van der Waals surface area contributed by atoms with Crippen molar-refractivity contribution in [2.45, 2.75) is 44.9 Å². The summed E-state index contributed by atoms with van der Waals surface area (Å²) in [6, 6.07) is 0.469. The standard InChI is InChI=1S/C29H38N4O9/c1-12(2)11-42-28(40)31-10-14-9-17(32(3)4)15-7-13-8-16-21(33(5)6)24(36)20(27(30)39)26(38)29(16,41)25(37)18(13)23(35)19(15)22(14)34/h9,12-13,16,18,20-21,34,41H,7-8,10-11H2,1-6H3,(H2,30,39)(H,31,40)/t13-,16-,18?,20?,21-,29-/m1/s1. The molecule has 2 amide bonds. The van der Waals surface area contributed by atoms with Crippen molar-refractivity contribution in [3.05, 3.63) is 22.8 Å². The van der Waals surface area contributed by atoms with Gasteiger partial charge in [0.2, 0.25) is 5.91 Å². The van der Waals surface area contributed by atoms with Crippen molar-refractivity contribution in [2.24, 2.45) is 35.3 Å². The molecular formula is C29H38N4O9. The quantitative estimate of drug-likeness (QED) is 0.309. The molecule has 1 aromatic carbocycles. The van der Waals surface area contributed by atoms with Crippen LogP contribution in [0.4, 0.5) is 10.5 Å². The third-order valence-corrected chi connectivity index (χ3v) is 8.57. The number of aromatic hydroxyl groups is 1. The number of phenols is 1. The van der Waals surface area contributed by atoms with Crippen molar-refractivity contribution in [1.82, 2.24) is 10.2 Å². The first-order valence-electron chi connectivity index (χ1n) is 13.8. The van der Waals surface area contributed by atoms with Gasteiger partial charge in [-0.05, 0) is 50.4 Å². The molecule has 0 radical (unpaired) electrons. The summed E-state index contributed by atoms with van der Waals surface area (Å²) >= 11 is 0. The predicted octanol–water partition coefficient (Wildman–Crippen LogP) is -0.185. The maximum absolute atomic E-state index is 14.0. The Kier molecular flexibility index (Phi) is 8.22. The van der Waals surface area contributed by atoms with E-state index in [1.807, 2.05) is 13.8 Å². The molecule has 0 aromatic heterocycles. The lowest BCUT2D eigenvalue weighted by Gasteiger charge is -2.52. The Hall–Kier alpha value is -3.84. The van der Waals surface area contributed by atoms with Crippen LogP contribution in [0.25, 0.3) is 0 Å². The van der Waals surface area contributed by atoms with Gasteiger partial charge in [0.15, 0.2) is 34.7 Å². The van der Waals surface area contributed by atoms with Crippen LogP contribution in [0.3, 0.4) is 0 Å². The summed E-state index contributed by atoms with van der Waals surface area (Å²) in [7, 11) is 6.55. The zero-order valence-corrected chi connectivity index (χ0v) is 24.6. The predicted molar refractivity (Wildman–Crippen MR) is 149 cm³/mol. The molecule has 5 N–H and O–H groups in total. The number of aliphatic hydroxyl groups is 1. The van der Waals surface area contributed by atoms with Gasteiger partial charge in [-0.3, -0.25) is 28.9 Å². The van der Waals surface area contributed by atoms with Crippen molar-refractivity contribution in [3.63, 3.8) is 0 Å². The molecule has 228 valence electrons. The largest absolute Gasteiger partial charge is 0.507 e. The molecule has 0 spiro atoms. The lowest BCUT2D eigenvalue weighted by Crippen LogP contribution is -2.74. The van der Waals surface area contributed by atoms with Gasteiger partial charge in [0.25, 0.3) is 0 Å². The number of anilines is 1. The van der Waals surface area contributed by atoms with Crippen LogP contribution in [0.1, 0.15) is 41.8 Å². The highest BCUT2D eigenvalue weighted by Gasteiger charge is 2.69. The van der Waals surface area contributed by atoms with Gasteiger partial charge in [-0.15, -0.1) is 0 Å². The number of amides is 2. The summed E-state index contributed by atoms with van der Waals surface area (Å²) in [6.45, 7) is 3.77. The van der Waals surface area contributed by atoms with Gasteiger partial charge in [0.05, 0.1) is 24.1 Å². The molecule has 0 saturated heterocycles. The lowest BCUT2D eigenvalue weighted by atomic mass is 9.52. The number of fused-ring (bicyclic) bond motifs is 3. The molecule has 0 bridgehead atoms. The number of hydrogen-bond donors (Lipinski definition) is 4. The molecular weight excluding hydrogens is 548 g/mol. The van der Waals surface area contributed by atoms with Gasteiger partial charge in [-0.1, -0.05) is 13.8 Å². The molecule has 0 heterocycles. The van der Waals surface area contributed by atoms with E-state index in [0.29, 0.717) is 11.3 Å². The van der Waals surface area contributed by atoms with Crippen LogP contribution in [0, 0.1) is 29.6 Å². The molecule has 4 rings (SSSR count). The second-order valence-corrected chi connectivity index (χ2v) is 12.3. The first-order valence-corrected chi connectivity index (χ1v) is 13.8. The number of ether oxygens (including phenoxy) is 1. The first kappa shape index (κ1) is 31.1. The third kappa shape index (κ3) is 4.83. The lowest BCUT2D eigenvalue weighted by molar-refractivity contribution is -0.181.